The summed E-state index contributed by atoms with van der Waals surface area (Å²) in [5.41, 5.74) is 0.268. The Morgan fingerprint density at radius 3 is 2.72 bits per heavy atom. The maximum Gasteiger partial charge on any atom is 0.185 e. The van der Waals surface area contributed by atoms with Gasteiger partial charge < -0.3 is 15.3 Å². The summed E-state index contributed by atoms with van der Waals surface area (Å²) in [6, 6.07) is 4.64. The van der Waals surface area contributed by atoms with E-state index in [4.69, 9.17) is 0 Å². The molecule has 18 heavy (non-hydrogen) atoms. The predicted octanol–water partition coefficient (Wildman–Crippen LogP) is 2.22. The van der Waals surface area contributed by atoms with Crippen molar-refractivity contribution in [3.63, 3.8) is 0 Å². The molecule has 0 spiro atoms. The van der Waals surface area contributed by atoms with Crippen molar-refractivity contribution in [1.82, 2.24) is 0 Å². The van der Waals surface area contributed by atoms with E-state index in [0.717, 1.165) is 11.8 Å². The normalized spacial score (nSPS) is 14.2. The molecular formula is C12H15BrO4S. The van der Waals surface area contributed by atoms with Gasteiger partial charge in [-0.15, -0.1) is 0 Å². The first-order valence-electron chi connectivity index (χ1n) is 5.39. The topological polar surface area (TPSA) is 77.8 Å². The van der Waals surface area contributed by atoms with Gasteiger partial charge in [0.2, 0.25) is 0 Å². The van der Waals surface area contributed by atoms with Crippen LogP contribution in [0.15, 0.2) is 22.7 Å². The summed E-state index contributed by atoms with van der Waals surface area (Å²) in [6.45, 7) is 1.45. The number of thioether (sulfide) groups is 1. The number of benzene rings is 1. The number of phenolic OH excluding ortho intramolecular Hbond substituents is 1. The van der Waals surface area contributed by atoms with Crippen molar-refractivity contribution in [3.8, 4) is 5.75 Å². The standard InChI is InChI=1S/C12H15BrO4S/c1-7(14)18-5-4-11(16)12(17)9-6-8(13)2-3-10(9)15/h2-3,6,11-12,15-17H,4-5H2,1H3. The van der Waals surface area contributed by atoms with E-state index in [0.29, 0.717) is 10.2 Å². The summed E-state index contributed by atoms with van der Waals surface area (Å²) in [4.78, 5) is 10.7. The Labute approximate surface area is 118 Å². The second-order valence-electron chi connectivity index (χ2n) is 3.84. The van der Waals surface area contributed by atoms with E-state index in [1.54, 1.807) is 12.1 Å². The molecule has 0 saturated heterocycles. The van der Waals surface area contributed by atoms with E-state index in [1.807, 2.05) is 0 Å². The van der Waals surface area contributed by atoms with Crippen LogP contribution in [0.2, 0.25) is 0 Å². The van der Waals surface area contributed by atoms with Gasteiger partial charge in [0.25, 0.3) is 0 Å². The average Bonchev–Trinajstić information content (AvgIpc) is 2.30. The molecule has 0 aliphatic heterocycles. The molecule has 0 amide bonds. The smallest absolute Gasteiger partial charge is 0.185 e. The number of aliphatic hydroxyl groups excluding tert-OH is 2. The van der Waals surface area contributed by atoms with Crippen LogP contribution in [0.25, 0.3) is 0 Å². The van der Waals surface area contributed by atoms with E-state index < -0.39 is 12.2 Å². The molecule has 4 nitrogen and oxygen atoms in total. The predicted molar refractivity (Wildman–Crippen MR) is 74.5 cm³/mol. The molecule has 1 rings (SSSR count). The van der Waals surface area contributed by atoms with Crippen molar-refractivity contribution in [3.05, 3.63) is 28.2 Å². The summed E-state index contributed by atoms with van der Waals surface area (Å²) in [5, 5.41) is 29.3. The first-order chi connectivity index (χ1) is 8.41. The number of hydrogen-bond donors (Lipinski definition) is 3. The minimum Gasteiger partial charge on any atom is -0.508 e. The molecule has 0 heterocycles. The van der Waals surface area contributed by atoms with Crippen LogP contribution in [-0.4, -0.2) is 32.3 Å². The molecule has 0 radical (unpaired) electrons. The molecule has 6 heteroatoms. The van der Waals surface area contributed by atoms with Crippen molar-refractivity contribution in [1.29, 1.82) is 0 Å². The van der Waals surface area contributed by atoms with Gasteiger partial charge in [-0.05, 0) is 24.6 Å². The van der Waals surface area contributed by atoms with Crippen LogP contribution >= 0.6 is 27.7 Å². The number of halogens is 1. The summed E-state index contributed by atoms with van der Waals surface area (Å²) < 4.78 is 0.708. The highest BCUT2D eigenvalue weighted by molar-refractivity contribution is 9.10. The lowest BCUT2D eigenvalue weighted by atomic mass is 10.0. The van der Waals surface area contributed by atoms with E-state index in [2.05, 4.69) is 15.9 Å². The number of carbonyl (C=O) groups is 1. The van der Waals surface area contributed by atoms with Crippen LogP contribution in [0.5, 0.6) is 5.75 Å². The summed E-state index contributed by atoms with van der Waals surface area (Å²) in [7, 11) is 0. The number of hydrogen-bond acceptors (Lipinski definition) is 5. The van der Waals surface area contributed by atoms with Crippen molar-refractivity contribution in [2.24, 2.45) is 0 Å². The molecule has 100 valence electrons. The fourth-order valence-corrected chi connectivity index (χ4v) is 2.48. The third kappa shape index (κ3) is 4.61. The Kier molecular flexibility index (Phi) is 6.14. The van der Waals surface area contributed by atoms with Gasteiger partial charge in [0.05, 0.1) is 6.10 Å². The van der Waals surface area contributed by atoms with E-state index in [1.165, 1.54) is 13.0 Å². The van der Waals surface area contributed by atoms with Gasteiger partial charge in [-0.3, -0.25) is 4.79 Å². The minimum atomic E-state index is -1.17. The van der Waals surface area contributed by atoms with Gasteiger partial charge in [-0.1, -0.05) is 27.7 Å². The first kappa shape index (κ1) is 15.5. The zero-order valence-corrected chi connectivity index (χ0v) is 12.2. The molecule has 2 atom stereocenters. The van der Waals surface area contributed by atoms with Crippen LogP contribution in [-0.2, 0) is 4.79 Å². The monoisotopic (exact) mass is 334 g/mol. The van der Waals surface area contributed by atoms with E-state index >= 15 is 0 Å². The molecule has 1 aromatic rings. The molecule has 1 aromatic carbocycles. The molecule has 0 bridgehead atoms. The lowest BCUT2D eigenvalue weighted by Crippen LogP contribution is -2.19. The maximum atomic E-state index is 10.7. The van der Waals surface area contributed by atoms with Gasteiger partial charge in [0.15, 0.2) is 5.12 Å². The largest absolute Gasteiger partial charge is 0.508 e. The fourth-order valence-electron chi connectivity index (χ4n) is 1.45. The number of aromatic hydroxyl groups is 1. The zero-order chi connectivity index (χ0) is 13.7. The van der Waals surface area contributed by atoms with Gasteiger partial charge in [-0.25, -0.2) is 0 Å². The summed E-state index contributed by atoms with van der Waals surface area (Å²) >= 11 is 4.33. The van der Waals surface area contributed by atoms with E-state index in [-0.39, 0.29) is 22.8 Å². The second kappa shape index (κ2) is 7.13. The minimum absolute atomic E-state index is 0.0259. The third-order valence-electron chi connectivity index (χ3n) is 2.39. The number of phenols is 1. The Morgan fingerprint density at radius 1 is 1.44 bits per heavy atom. The SMILES string of the molecule is CC(=O)SCCC(O)C(O)c1cc(Br)ccc1O. The van der Waals surface area contributed by atoms with Gasteiger partial charge in [0.1, 0.15) is 11.9 Å². The molecule has 0 saturated carbocycles. The van der Waals surface area contributed by atoms with Crippen LogP contribution < -0.4 is 0 Å². The average molecular weight is 335 g/mol. The fraction of sp³-hybridized carbons (Fsp3) is 0.417. The Balaban J connectivity index is 2.64. The number of carbonyl (C=O) groups excluding carboxylic acids is 1. The van der Waals surface area contributed by atoms with E-state index in [9.17, 15) is 20.1 Å². The van der Waals surface area contributed by atoms with Crippen molar-refractivity contribution in [2.75, 3.05) is 5.75 Å². The highest BCUT2D eigenvalue weighted by Crippen LogP contribution is 2.30. The first-order valence-corrected chi connectivity index (χ1v) is 7.17. The van der Waals surface area contributed by atoms with Crippen molar-refractivity contribution < 1.29 is 20.1 Å². The highest BCUT2D eigenvalue weighted by Gasteiger charge is 2.21. The van der Waals surface area contributed by atoms with Gasteiger partial charge >= 0.3 is 0 Å². The molecule has 0 aliphatic carbocycles. The Bertz CT molecular complexity index is 425. The molecular weight excluding hydrogens is 320 g/mol. The Morgan fingerprint density at radius 2 is 2.11 bits per heavy atom. The lowest BCUT2D eigenvalue weighted by Gasteiger charge is -2.19. The molecule has 0 aromatic heterocycles. The highest BCUT2D eigenvalue weighted by atomic mass is 79.9. The van der Waals surface area contributed by atoms with Crippen LogP contribution in [0.1, 0.15) is 25.0 Å². The van der Waals surface area contributed by atoms with Crippen molar-refractivity contribution >= 4 is 32.8 Å². The van der Waals surface area contributed by atoms with Gasteiger partial charge in [0, 0.05) is 22.7 Å². The summed E-state index contributed by atoms with van der Waals surface area (Å²) in [5.74, 6) is 0.367. The maximum absolute atomic E-state index is 10.7. The number of rotatable bonds is 5. The molecule has 2 unspecified atom stereocenters. The third-order valence-corrected chi connectivity index (χ3v) is 3.73. The van der Waals surface area contributed by atoms with Gasteiger partial charge in [-0.2, -0.15) is 0 Å². The van der Waals surface area contributed by atoms with Crippen LogP contribution in [0, 0.1) is 0 Å². The zero-order valence-electron chi connectivity index (χ0n) is 9.84. The lowest BCUT2D eigenvalue weighted by molar-refractivity contribution is -0.109. The molecule has 0 fully saturated rings. The van der Waals surface area contributed by atoms with Crippen molar-refractivity contribution in [2.45, 2.75) is 25.6 Å². The van der Waals surface area contributed by atoms with Crippen LogP contribution in [0.3, 0.4) is 0 Å². The molecule has 3 N–H and O–H groups in total. The Hall–Kier alpha value is -0.560. The molecule has 0 aliphatic rings. The number of aliphatic hydroxyl groups is 2. The second-order valence-corrected chi connectivity index (χ2v) is 6.03. The quantitative estimate of drug-likeness (QED) is 0.769. The summed E-state index contributed by atoms with van der Waals surface area (Å²) in [6.07, 6.45) is -1.91. The van der Waals surface area contributed by atoms with Crippen LogP contribution in [0.4, 0.5) is 0 Å².